The van der Waals surface area contributed by atoms with Gasteiger partial charge in [-0.15, -0.1) is 0 Å². The Bertz CT molecular complexity index is 1090. The maximum absolute atomic E-state index is 13.3. The lowest BCUT2D eigenvalue weighted by Gasteiger charge is -2.20. The van der Waals surface area contributed by atoms with Crippen molar-refractivity contribution in [3.63, 3.8) is 0 Å². The highest BCUT2D eigenvalue weighted by molar-refractivity contribution is 6.30. The van der Waals surface area contributed by atoms with E-state index < -0.39 is 24.7 Å². The molecule has 8 heteroatoms. The molecular formula is C22H22ClNO6. The summed E-state index contributed by atoms with van der Waals surface area (Å²) in [5.74, 6) is -0.959. The molecule has 158 valence electrons. The van der Waals surface area contributed by atoms with E-state index in [2.05, 4.69) is 0 Å². The number of nitrogens with zero attached hydrogens (tertiary/aromatic N) is 1. The van der Waals surface area contributed by atoms with Gasteiger partial charge in [-0.2, -0.15) is 0 Å². The number of ether oxygens (including phenoxy) is 1. The lowest BCUT2D eigenvalue weighted by molar-refractivity contribution is -0.142. The molecule has 3 N–H and O–H groups in total. The molecule has 3 aromatic rings. The van der Waals surface area contributed by atoms with Crippen molar-refractivity contribution in [3.05, 3.63) is 64.3 Å². The SMILES string of the molecule is COc1ccc2c(C(=O)c3ccc(Cl)cc3)c(C)n(C(CC(O)CO)C(=O)O)c2c1. The molecule has 2 unspecified atom stereocenters. The third kappa shape index (κ3) is 4.05. The average molecular weight is 432 g/mol. The van der Waals surface area contributed by atoms with Crippen molar-refractivity contribution in [2.75, 3.05) is 13.7 Å². The van der Waals surface area contributed by atoms with Gasteiger partial charge in [0.05, 0.1) is 30.9 Å². The van der Waals surface area contributed by atoms with Gasteiger partial charge in [0, 0.05) is 34.2 Å². The molecule has 0 saturated heterocycles. The fourth-order valence-electron chi connectivity index (χ4n) is 3.63. The van der Waals surface area contributed by atoms with E-state index in [4.69, 9.17) is 16.3 Å². The Morgan fingerprint density at radius 2 is 1.83 bits per heavy atom. The van der Waals surface area contributed by atoms with Crippen molar-refractivity contribution in [2.24, 2.45) is 0 Å². The molecule has 1 aromatic heterocycles. The molecule has 0 amide bonds. The van der Waals surface area contributed by atoms with E-state index in [1.54, 1.807) is 49.4 Å². The summed E-state index contributed by atoms with van der Waals surface area (Å²) in [6.45, 7) is 1.10. The predicted molar refractivity (Wildman–Crippen MR) is 112 cm³/mol. The molecule has 0 saturated carbocycles. The number of rotatable bonds is 8. The van der Waals surface area contributed by atoms with Crippen molar-refractivity contribution in [2.45, 2.75) is 25.5 Å². The lowest BCUT2D eigenvalue weighted by Crippen LogP contribution is -2.27. The van der Waals surface area contributed by atoms with Crippen LogP contribution in [0, 0.1) is 6.92 Å². The van der Waals surface area contributed by atoms with Gasteiger partial charge in [0.15, 0.2) is 5.78 Å². The number of ketones is 1. The average Bonchev–Trinajstić information content (AvgIpc) is 3.02. The molecule has 3 rings (SSSR count). The van der Waals surface area contributed by atoms with Crippen LogP contribution in [0.25, 0.3) is 10.9 Å². The predicted octanol–water partition coefficient (Wildman–Crippen LogP) is 3.21. The van der Waals surface area contributed by atoms with Crippen LogP contribution in [0.3, 0.4) is 0 Å². The highest BCUT2D eigenvalue weighted by Crippen LogP contribution is 2.35. The first-order chi connectivity index (χ1) is 14.3. The zero-order valence-electron chi connectivity index (χ0n) is 16.5. The number of carbonyl (C=O) groups is 2. The Hall–Kier alpha value is -2.87. The first kappa shape index (κ1) is 21.8. The third-order valence-electron chi connectivity index (χ3n) is 5.09. The number of halogens is 1. The largest absolute Gasteiger partial charge is 0.497 e. The molecule has 1 heterocycles. The molecule has 2 atom stereocenters. The normalized spacial score (nSPS) is 13.2. The minimum absolute atomic E-state index is 0.220. The molecule has 0 aliphatic rings. The van der Waals surface area contributed by atoms with Gasteiger partial charge < -0.3 is 24.6 Å². The number of carbonyl (C=O) groups excluding carboxylic acids is 1. The van der Waals surface area contributed by atoms with Gasteiger partial charge in [-0.1, -0.05) is 11.6 Å². The number of aliphatic carboxylic acids is 1. The van der Waals surface area contributed by atoms with Crippen LogP contribution in [-0.4, -0.2) is 51.5 Å². The van der Waals surface area contributed by atoms with E-state index in [9.17, 15) is 24.9 Å². The number of benzene rings is 2. The molecule has 7 nitrogen and oxygen atoms in total. The van der Waals surface area contributed by atoms with Gasteiger partial charge in [-0.3, -0.25) is 4.79 Å². The van der Waals surface area contributed by atoms with Crippen molar-refractivity contribution in [1.29, 1.82) is 0 Å². The number of carboxylic acid groups (broad SMARTS) is 1. The van der Waals surface area contributed by atoms with Crippen LogP contribution in [0.5, 0.6) is 5.75 Å². The summed E-state index contributed by atoms with van der Waals surface area (Å²) in [6, 6.07) is 10.3. The molecule has 0 fully saturated rings. The fraction of sp³-hybridized carbons (Fsp3) is 0.273. The van der Waals surface area contributed by atoms with E-state index in [-0.39, 0.29) is 12.2 Å². The number of aliphatic hydroxyl groups is 2. The Balaban J connectivity index is 2.26. The second kappa shape index (κ2) is 8.87. The number of hydrogen-bond acceptors (Lipinski definition) is 5. The Kier molecular flexibility index (Phi) is 6.45. The van der Waals surface area contributed by atoms with Gasteiger partial charge in [-0.05, 0) is 43.3 Å². The fourth-order valence-corrected chi connectivity index (χ4v) is 3.75. The smallest absolute Gasteiger partial charge is 0.326 e. The van der Waals surface area contributed by atoms with E-state index in [0.29, 0.717) is 38.5 Å². The number of fused-ring (bicyclic) bond motifs is 1. The lowest BCUT2D eigenvalue weighted by atomic mass is 10.0. The van der Waals surface area contributed by atoms with Gasteiger partial charge in [0.2, 0.25) is 0 Å². The summed E-state index contributed by atoms with van der Waals surface area (Å²) >= 11 is 5.93. The Morgan fingerprint density at radius 3 is 2.40 bits per heavy atom. The minimum Gasteiger partial charge on any atom is -0.497 e. The molecule has 30 heavy (non-hydrogen) atoms. The zero-order chi connectivity index (χ0) is 22.0. The van der Waals surface area contributed by atoms with Crippen LogP contribution >= 0.6 is 11.6 Å². The maximum atomic E-state index is 13.3. The molecular weight excluding hydrogens is 410 g/mol. The summed E-state index contributed by atoms with van der Waals surface area (Å²) in [4.78, 5) is 25.4. The quantitative estimate of drug-likeness (QED) is 0.472. The van der Waals surface area contributed by atoms with Gasteiger partial charge >= 0.3 is 5.97 Å². The van der Waals surface area contributed by atoms with Crippen molar-refractivity contribution in [1.82, 2.24) is 4.57 Å². The Labute approximate surface area is 178 Å². The third-order valence-corrected chi connectivity index (χ3v) is 5.35. The summed E-state index contributed by atoms with van der Waals surface area (Å²) in [6.07, 6.45) is -1.44. The monoisotopic (exact) mass is 431 g/mol. The topological polar surface area (TPSA) is 109 Å². The first-order valence-corrected chi connectivity index (χ1v) is 9.66. The van der Waals surface area contributed by atoms with Gasteiger partial charge in [0.1, 0.15) is 11.8 Å². The highest BCUT2D eigenvalue weighted by Gasteiger charge is 2.30. The second-order valence-electron chi connectivity index (χ2n) is 6.98. The second-order valence-corrected chi connectivity index (χ2v) is 7.41. The first-order valence-electron chi connectivity index (χ1n) is 9.29. The van der Waals surface area contributed by atoms with Crippen molar-refractivity contribution < 1.29 is 29.6 Å². The van der Waals surface area contributed by atoms with Crippen LogP contribution in [0.15, 0.2) is 42.5 Å². The number of methoxy groups -OCH3 is 1. The number of aliphatic hydroxyl groups excluding tert-OH is 2. The van der Waals surface area contributed by atoms with E-state index >= 15 is 0 Å². The van der Waals surface area contributed by atoms with Crippen LogP contribution in [0.1, 0.15) is 34.1 Å². The van der Waals surface area contributed by atoms with Crippen LogP contribution in [0.2, 0.25) is 5.02 Å². The summed E-state index contributed by atoms with van der Waals surface area (Å²) in [7, 11) is 1.49. The summed E-state index contributed by atoms with van der Waals surface area (Å²) in [5.41, 5.74) is 1.71. The number of aromatic nitrogens is 1. The number of hydrogen-bond donors (Lipinski definition) is 3. The maximum Gasteiger partial charge on any atom is 0.326 e. The van der Waals surface area contributed by atoms with Gasteiger partial charge in [0.25, 0.3) is 0 Å². The summed E-state index contributed by atoms with van der Waals surface area (Å²) in [5, 5.41) is 30.0. The van der Waals surface area contributed by atoms with Crippen LogP contribution in [0.4, 0.5) is 0 Å². The van der Waals surface area contributed by atoms with E-state index in [1.807, 2.05) is 0 Å². The molecule has 0 spiro atoms. The van der Waals surface area contributed by atoms with E-state index in [1.165, 1.54) is 11.7 Å². The van der Waals surface area contributed by atoms with Crippen LogP contribution < -0.4 is 4.74 Å². The van der Waals surface area contributed by atoms with Crippen molar-refractivity contribution >= 4 is 34.3 Å². The molecule has 0 aliphatic carbocycles. The summed E-state index contributed by atoms with van der Waals surface area (Å²) < 4.78 is 6.78. The highest BCUT2D eigenvalue weighted by atomic mass is 35.5. The van der Waals surface area contributed by atoms with E-state index in [0.717, 1.165) is 0 Å². The van der Waals surface area contributed by atoms with Crippen LogP contribution in [-0.2, 0) is 4.79 Å². The minimum atomic E-state index is -1.22. The molecule has 0 bridgehead atoms. The Morgan fingerprint density at radius 1 is 1.17 bits per heavy atom. The standard InChI is InChI=1S/C22H22ClNO6/c1-12-20(21(27)13-3-5-14(23)6-4-13)17-8-7-16(30-2)10-18(17)24(12)19(22(28)29)9-15(26)11-25/h3-8,10,15,19,25-26H,9,11H2,1-2H3,(H,28,29). The van der Waals surface area contributed by atoms with Gasteiger partial charge in [-0.25, -0.2) is 4.79 Å². The zero-order valence-corrected chi connectivity index (χ0v) is 17.3. The van der Waals surface area contributed by atoms with Crippen molar-refractivity contribution in [3.8, 4) is 5.75 Å². The number of carboxylic acids is 1. The molecule has 2 aromatic carbocycles. The molecule has 0 aliphatic heterocycles. The molecule has 0 radical (unpaired) electrons.